The smallest absolute Gasteiger partial charge is 0.219 e. The van der Waals surface area contributed by atoms with Crippen molar-refractivity contribution < 1.29 is 4.79 Å². The zero-order valence-corrected chi connectivity index (χ0v) is 8.18. The van der Waals surface area contributed by atoms with Gasteiger partial charge in [-0.25, -0.2) is 0 Å². The first kappa shape index (κ1) is 9.56. The minimum Gasteiger partial charge on any atom is -0.346 e. The lowest BCUT2D eigenvalue weighted by Crippen LogP contribution is -2.30. The van der Waals surface area contributed by atoms with Crippen LogP contribution < -0.4 is 0 Å². The third kappa shape index (κ3) is 2.84. The number of hydrogen-bond donors (Lipinski definition) is 0. The Morgan fingerprint density at radius 1 is 1.33 bits per heavy atom. The van der Waals surface area contributed by atoms with Crippen molar-refractivity contribution in [3.05, 3.63) is 0 Å². The molecule has 2 nitrogen and oxygen atoms in total. The largest absolute Gasteiger partial charge is 0.346 e. The lowest BCUT2D eigenvalue weighted by Gasteiger charge is -2.26. The SMILES string of the molecule is CC(=O)N(C)CC1CCCCC1. The molecule has 0 aromatic rings. The van der Waals surface area contributed by atoms with Crippen LogP contribution in [0.1, 0.15) is 39.0 Å². The first-order chi connectivity index (χ1) is 5.70. The van der Waals surface area contributed by atoms with E-state index in [-0.39, 0.29) is 5.91 Å². The van der Waals surface area contributed by atoms with E-state index in [4.69, 9.17) is 0 Å². The Morgan fingerprint density at radius 3 is 2.42 bits per heavy atom. The number of rotatable bonds is 2. The first-order valence-corrected chi connectivity index (χ1v) is 4.92. The number of hydrogen-bond acceptors (Lipinski definition) is 1. The van der Waals surface area contributed by atoms with Gasteiger partial charge in [-0.3, -0.25) is 4.79 Å². The van der Waals surface area contributed by atoms with Crippen LogP contribution in [-0.4, -0.2) is 24.4 Å². The van der Waals surface area contributed by atoms with E-state index in [9.17, 15) is 4.79 Å². The first-order valence-electron chi connectivity index (χ1n) is 4.92. The summed E-state index contributed by atoms with van der Waals surface area (Å²) in [6.07, 6.45) is 6.74. The van der Waals surface area contributed by atoms with Crippen LogP contribution in [-0.2, 0) is 4.79 Å². The fourth-order valence-electron chi connectivity index (χ4n) is 1.89. The van der Waals surface area contributed by atoms with E-state index < -0.39 is 0 Å². The second-order valence-corrected chi connectivity index (χ2v) is 3.90. The number of amides is 1. The summed E-state index contributed by atoms with van der Waals surface area (Å²) in [7, 11) is 1.90. The molecule has 0 unspecified atom stereocenters. The van der Waals surface area contributed by atoms with E-state index in [0.29, 0.717) is 0 Å². The van der Waals surface area contributed by atoms with Crippen molar-refractivity contribution >= 4 is 5.91 Å². The molecule has 0 aromatic heterocycles. The van der Waals surface area contributed by atoms with Crippen molar-refractivity contribution in [3.63, 3.8) is 0 Å². The Balaban J connectivity index is 2.24. The van der Waals surface area contributed by atoms with Crippen LogP contribution in [0.3, 0.4) is 0 Å². The minimum absolute atomic E-state index is 0.195. The van der Waals surface area contributed by atoms with Gasteiger partial charge in [-0.15, -0.1) is 0 Å². The lowest BCUT2D eigenvalue weighted by atomic mass is 9.89. The van der Waals surface area contributed by atoms with Gasteiger partial charge in [0, 0.05) is 20.5 Å². The van der Waals surface area contributed by atoms with Gasteiger partial charge in [-0.05, 0) is 18.8 Å². The highest BCUT2D eigenvalue weighted by molar-refractivity contribution is 5.72. The molecular formula is C10H19NO. The molecule has 1 amide bonds. The van der Waals surface area contributed by atoms with Gasteiger partial charge in [0.15, 0.2) is 0 Å². The molecule has 1 fully saturated rings. The van der Waals surface area contributed by atoms with E-state index in [2.05, 4.69) is 0 Å². The summed E-state index contributed by atoms with van der Waals surface area (Å²) >= 11 is 0. The molecular weight excluding hydrogens is 150 g/mol. The molecule has 0 aliphatic heterocycles. The van der Waals surface area contributed by atoms with Crippen LogP contribution in [0.5, 0.6) is 0 Å². The summed E-state index contributed by atoms with van der Waals surface area (Å²) in [5.74, 6) is 0.966. The van der Waals surface area contributed by atoms with Gasteiger partial charge in [0.1, 0.15) is 0 Å². The van der Waals surface area contributed by atoms with Gasteiger partial charge in [0.25, 0.3) is 0 Å². The van der Waals surface area contributed by atoms with E-state index in [1.165, 1.54) is 32.1 Å². The highest BCUT2D eigenvalue weighted by Gasteiger charge is 2.15. The summed E-state index contributed by atoms with van der Waals surface area (Å²) in [5, 5.41) is 0. The van der Waals surface area contributed by atoms with Gasteiger partial charge in [-0.1, -0.05) is 19.3 Å². The predicted octanol–water partition coefficient (Wildman–Crippen LogP) is 2.04. The van der Waals surface area contributed by atoms with Crippen molar-refractivity contribution in [2.45, 2.75) is 39.0 Å². The maximum atomic E-state index is 10.9. The van der Waals surface area contributed by atoms with Crippen molar-refractivity contribution in [2.75, 3.05) is 13.6 Å². The van der Waals surface area contributed by atoms with Crippen molar-refractivity contribution in [1.82, 2.24) is 4.90 Å². The summed E-state index contributed by atoms with van der Waals surface area (Å²) in [5.41, 5.74) is 0. The normalized spacial score (nSPS) is 19.2. The summed E-state index contributed by atoms with van der Waals surface area (Å²) in [6.45, 7) is 2.61. The Kier molecular flexibility index (Phi) is 3.57. The second kappa shape index (κ2) is 4.48. The zero-order valence-electron chi connectivity index (χ0n) is 8.18. The molecule has 1 rings (SSSR count). The Bertz CT molecular complexity index is 150. The molecule has 0 spiro atoms. The van der Waals surface area contributed by atoms with E-state index in [1.807, 2.05) is 11.9 Å². The predicted molar refractivity (Wildman–Crippen MR) is 49.9 cm³/mol. The summed E-state index contributed by atoms with van der Waals surface area (Å²) in [6, 6.07) is 0. The van der Waals surface area contributed by atoms with Gasteiger partial charge in [0.05, 0.1) is 0 Å². The summed E-state index contributed by atoms with van der Waals surface area (Å²) in [4.78, 5) is 12.8. The van der Waals surface area contributed by atoms with Crippen molar-refractivity contribution in [3.8, 4) is 0 Å². The van der Waals surface area contributed by atoms with E-state index in [1.54, 1.807) is 6.92 Å². The van der Waals surface area contributed by atoms with E-state index >= 15 is 0 Å². The van der Waals surface area contributed by atoms with Crippen LogP contribution in [0.4, 0.5) is 0 Å². The fourth-order valence-corrected chi connectivity index (χ4v) is 1.89. The molecule has 0 aromatic carbocycles. The van der Waals surface area contributed by atoms with Gasteiger partial charge < -0.3 is 4.90 Å². The molecule has 0 saturated heterocycles. The standard InChI is InChI=1S/C10H19NO/c1-9(12)11(2)8-10-6-4-3-5-7-10/h10H,3-8H2,1-2H3. The third-order valence-corrected chi connectivity index (χ3v) is 2.79. The van der Waals surface area contributed by atoms with Crippen LogP contribution in [0.15, 0.2) is 0 Å². The summed E-state index contributed by atoms with van der Waals surface area (Å²) < 4.78 is 0. The third-order valence-electron chi connectivity index (χ3n) is 2.79. The Hall–Kier alpha value is -0.530. The van der Waals surface area contributed by atoms with Gasteiger partial charge in [-0.2, -0.15) is 0 Å². The minimum atomic E-state index is 0.195. The van der Waals surface area contributed by atoms with Crippen LogP contribution in [0.25, 0.3) is 0 Å². The van der Waals surface area contributed by atoms with E-state index in [0.717, 1.165) is 12.5 Å². The molecule has 0 N–H and O–H groups in total. The zero-order chi connectivity index (χ0) is 8.97. The Morgan fingerprint density at radius 2 is 1.92 bits per heavy atom. The number of nitrogens with zero attached hydrogens (tertiary/aromatic N) is 1. The molecule has 0 heterocycles. The van der Waals surface area contributed by atoms with Gasteiger partial charge in [0.2, 0.25) is 5.91 Å². The monoisotopic (exact) mass is 169 g/mol. The number of carbonyl (C=O) groups is 1. The highest BCUT2D eigenvalue weighted by atomic mass is 16.2. The second-order valence-electron chi connectivity index (χ2n) is 3.90. The molecule has 70 valence electrons. The van der Waals surface area contributed by atoms with Crippen LogP contribution in [0.2, 0.25) is 0 Å². The number of carbonyl (C=O) groups excluding carboxylic acids is 1. The molecule has 2 heteroatoms. The molecule has 0 atom stereocenters. The molecule has 1 aliphatic carbocycles. The molecule has 12 heavy (non-hydrogen) atoms. The molecule has 1 aliphatic rings. The average Bonchev–Trinajstić information content (AvgIpc) is 2.06. The molecule has 1 saturated carbocycles. The van der Waals surface area contributed by atoms with Crippen LogP contribution >= 0.6 is 0 Å². The van der Waals surface area contributed by atoms with Crippen molar-refractivity contribution in [1.29, 1.82) is 0 Å². The fraction of sp³-hybridized carbons (Fsp3) is 0.900. The van der Waals surface area contributed by atoms with Crippen molar-refractivity contribution in [2.24, 2.45) is 5.92 Å². The maximum absolute atomic E-state index is 10.9. The highest BCUT2D eigenvalue weighted by Crippen LogP contribution is 2.23. The molecule has 0 radical (unpaired) electrons. The topological polar surface area (TPSA) is 20.3 Å². The quantitative estimate of drug-likeness (QED) is 0.619. The Labute approximate surface area is 74.9 Å². The maximum Gasteiger partial charge on any atom is 0.219 e. The molecule has 0 bridgehead atoms. The van der Waals surface area contributed by atoms with Gasteiger partial charge >= 0.3 is 0 Å². The van der Waals surface area contributed by atoms with Crippen LogP contribution in [0, 0.1) is 5.92 Å². The average molecular weight is 169 g/mol. The lowest BCUT2D eigenvalue weighted by molar-refractivity contribution is -0.128.